The Morgan fingerprint density at radius 2 is 0.722 bits per heavy atom. The molecule has 458 valence electrons. The van der Waals surface area contributed by atoms with Crippen LogP contribution in [0.5, 0.6) is 0 Å². The van der Waals surface area contributed by atoms with E-state index in [2.05, 4.69) is 98.9 Å². The second-order valence-electron chi connectivity index (χ2n) is 23.1. The van der Waals surface area contributed by atoms with E-state index in [9.17, 15) is 19.0 Å². The number of quaternary nitrogens is 1. The fraction of sp³-hybridized carbons (Fsp3) is 0.768. The quantitative estimate of drug-likeness (QED) is 0.0195. The number of phosphoric ester groups is 1. The Labute approximate surface area is 488 Å². The maximum atomic E-state index is 12.8. The molecule has 0 aromatic carbocycles. The summed E-state index contributed by atoms with van der Waals surface area (Å²) in [5.74, 6) is -0.827. The second kappa shape index (κ2) is 59.8. The Hall–Kier alpha value is -2.81. The van der Waals surface area contributed by atoms with Crippen LogP contribution in [0.3, 0.4) is 0 Å². The largest absolute Gasteiger partial charge is 0.756 e. The van der Waals surface area contributed by atoms with Gasteiger partial charge >= 0.3 is 11.9 Å². The molecule has 0 aromatic rings. The zero-order chi connectivity index (χ0) is 57.7. The first-order valence-electron chi connectivity index (χ1n) is 32.8. The standard InChI is InChI=1S/C69H124NO8P/c1-6-8-10-12-14-16-18-20-22-24-26-28-30-31-32-33-34-35-36-37-38-39-40-42-44-46-48-50-52-54-56-58-60-62-69(72)78-67(66-77-79(73,74)76-64-63-70(3,4)5)65-75-68(71)61-59-57-55-53-51-49-47-45-43-41-29-27-25-23-21-19-17-15-13-11-9-7-2/h8,10,14,16,20,22,26,28,31-32,34-35,37-38,67H,6-7,9,11-13,15,17-19,21,23-25,27,29-30,33,36,39-66H2,1-5H3/b10-8-,16-14-,22-20-,28-26-,32-31-,35-34-,38-37-. The van der Waals surface area contributed by atoms with Crippen LogP contribution in [0.15, 0.2) is 85.1 Å². The number of phosphoric acid groups is 1. The van der Waals surface area contributed by atoms with Crippen molar-refractivity contribution in [3.63, 3.8) is 0 Å². The fourth-order valence-electron chi connectivity index (χ4n) is 9.17. The third kappa shape index (κ3) is 64.2. The summed E-state index contributed by atoms with van der Waals surface area (Å²) in [6.07, 6.45) is 80.7. The number of carbonyl (C=O) groups excluding carboxylic acids is 2. The molecule has 0 fully saturated rings. The van der Waals surface area contributed by atoms with Crippen molar-refractivity contribution in [2.45, 2.75) is 296 Å². The van der Waals surface area contributed by atoms with Gasteiger partial charge in [-0.3, -0.25) is 14.2 Å². The summed E-state index contributed by atoms with van der Waals surface area (Å²) in [6.45, 7) is 4.16. The summed E-state index contributed by atoms with van der Waals surface area (Å²) in [7, 11) is 1.17. The van der Waals surface area contributed by atoms with Gasteiger partial charge in [0.15, 0.2) is 6.10 Å². The Bertz CT molecular complexity index is 1610. The number of ether oxygens (including phenoxy) is 2. The molecule has 0 spiro atoms. The van der Waals surface area contributed by atoms with Crippen LogP contribution >= 0.6 is 7.82 Å². The minimum atomic E-state index is -4.64. The lowest BCUT2D eigenvalue weighted by Gasteiger charge is -2.28. The first-order chi connectivity index (χ1) is 38.5. The van der Waals surface area contributed by atoms with Crippen molar-refractivity contribution in [3.05, 3.63) is 85.1 Å². The van der Waals surface area contributed by atoms with Crippen LogP contribution in [0.2, 0.25) is 0 Å². The topological polar surface area (TPSA) is 111 Å². The third-order valence-electron chi connectivity index (χ3n) is 14.2. The van der Waals surface area contributed by atoms with Gasteiger partial charge in [0.2, 0.25) is 0 Å². The van der Waals surface area contributed by atoms with Crippen LogP contribution in [-0.2, 0) is 32.7 Å². The highest BCUT2D eigenvalue weighted by atomic mass is 31.2. The minimum absolute atomic E-state index is 0.0327. The number of carbonyl (C=O) groups is 2. The van der Waals surface area contributed by atoms with Crippen LogP contribution in [0.25, 0.3) is 0 Å². The van der Waals surface area contributed by atoms with E-state index in [1.807, 2.05) is 21.1 Å². The first kappa shape index (κ1) is 76.2. The Kier molecular flexibility index (Phi) is 57.7. The van der Waals surface area contributed by atoms with Gasteiger partial charge in [-0.05, 0) is 70.6 Å². The van der Waals surface area contributed by atoms with Crippen LogP contribution in [0, 0.1) is 0 Å². The van der Waals surface area contributed by atoms with E-state index in [-0.39, 0.29) is 32.0 Å². The molecular formula is C69H124NO8P. The highest BCUT2D eigenvalue weighted by Gasteiger charge is 2.22. The molecule has 0 saturated heterocycles. The van der Waals surface area contributed by atoms with Crippen LogP contribution in [0.4, 0.5) is 0 Å². The van der Waals surface area contributed by atoms with E-state index in [4.69, 9.17) is 18.5 Å². The van der Waals surface area contributed by atoms with E-state index in [1.165, 1.54) is 167 Å². The van der Waals surface area contributed by atoms with Crippen LogP contribution in [0.1, 0.15) is 290 Å². The monoisotopic (exact) mass is 1130 g/mol. The van der Waals surface area contributed by atoms with Gasteiger partial charge in [0.25, 0.3) is 7.82 Å². The number of rotatable bonds is 60. The average molecular weight is 1130 g/mol. The van der Waals surface area contributed by atoms with Gasteiger partial charge in [0.1, 0.15) is 19.8 Å². The van der Waals surface area contributed by atoms with Gasteiger partial charge in [0, 0.05) is 12.8 Å². The van der Waals surface area contributed by atoms with E-state index >= 15 is 0 Å². The maximum absolute atomic E-state index is 12.8. The summed E-state index contributed by atoms with van der Waals surface area (Å²) in [5.41, 5.74) is 0. The molecule has 0 aliphatic rings. The minimum Gasteiger partial charge on any atom is -0.756 e. The lowest BCUT2D eigenvalue weighted by atomic mass is 10.0. The molecule has 2 unspecified atom stereocenters. The number of hydrogen-bond acceptors (Lipinski definition) is 8. The molecule has 9 nitrogen and oxygen atoms in total. The average Bonchev–Trinajstić information content (AvgIpc) is 3.41. The van der Waals surface area contributed by atoms with E-state index < -0.39 is 26.5 Å². The molecule has 0 bridgehead atoms. The molecule has 10 heteroatoms. The van der Waals surface area contributed by atoms with Gasteiger partial charge in [-0.15, -0.1) is 0 Å². The number of nitrogens with zero attached hydrogens (tertiary/aromatic N) is 1. The second-order valence-corrected chi connectivity index (χ2v) is 24.5. The first-order valence-corrected chi connectivity index (χ1v) is 34.3. The molecule has 2 atom stereocenters. The number of esters is 2. The van der Waals surface area contributed by atoms with Crippen molar-refractivity contribution in [1.29, 1.82) is 0 Å². The smallest absolute Gasteiger partial charge is 0.306 e. The van der Waals surface area contributed by atoms with Crippen LogP contribution < -0.4 is 4.89 Å². The van der Waals surface area contributed by atoms with Gasteiger partial charge in [0.05, 0.1) is 27.7 Å². The Morgan fingerprint density at radius 3 is 1.08 bits per heavy atom. The zero-order valence-electron chi connectivity index (χ0n) is 52.1. The van der Waals surface area contributed by atoms with E-state index in [0.717, 1.165) is 89.9 Å². The van der Waals surface area contributed by atoms with Crippen molar-refractivity contribution in [3.8, 4) is 0 Å². The summed E-state index contributed by atoms with van der Waals surface area (Å²) in [4.78, 5) is 38.0. The summed E-state index contributed by atoms with van der Waals surface area (Å²) in [5, 5.41) is 0. The van der Waals surface area contributed by atoms with Gasteiger partial charge in [-0.2, -0.15) is 0 Å². The molecule has 0 aromatic heterocycles. The zero-order valence-corrected chi connectivity index (χ0v) is 52.9. The van der Waals surface area contributed by atoms with Crippen molar-refractivity contribution in [2.75, 3.05) is 47.5 Å². The molecule has 0 amide bonds. The summed E-state index contributed by atoms with van der Waals surface area (Å²) >= 11 is 0. The van der Waals surface area contributed by atoms with Gasteiger partial charge in [-0.25, -0.2) is 0 Å². The fourth-order valence-corrected chi connectivity index (χ4v) is 9.90. The predicted octanol–water partition coefficient (Wildman–Crippen LogP) is 20.4. The number of likely N-dealkylation sites (N-methyl/N-ethyl adjacent to an activating group) is 1. The Balaban J connectivity index is 4.10. The predicted molar refractivity (Wildman–Crippen MR) is 337 cm³/mol. The maximum Gasteiger partial charge on any atom is 0.306 e. The number of allylic oxidation sites excluding steroid dienone is 14. The van der Waals surface area contributed by atoms with Gasteiger partial charge < -0.3 is 27.9 Å². The molecule has 0 N–H and O–H groups in total. The molecular weight excluding hydrogens is 1000 g/mol. The molecule has 0 aliphatic carbocycles. The molecule has 79 heavy (non-hydrogen) atoms. The van der Waals surface area contributed by atoms with Gasteiger partial charge in [-0.1, -0.05) is 292 Å². The summed E-state index contributed by atoms with van der Waals surface area (Å²) < 4.78 is 34.3. The number of hydrogen-bond donors (Lipinski definition) is 0. The van der Waals surface area contributed by atoms with Crippen molar-refractivity contribution < 1.29 is 42.1 Å². The highest BCUT2D eigenvalue weighted by Crippen LogP contribution is 2.38. The molecule has 0 radical (unpaired) electrons. The van der Waals surface area contributed by atoms with E-state index in [1.54, 1.807) is 0 Å². The molecule has 0 heterocycles. The lowest BCUT2D eigenvalue weighted by molar-refractivity contribution is -0.870. The summed E-state index contributed by atoms with van der Waals surface area (Å²) in [6, 6.07) is 0. The Morgan fingerprint density at radius 1 is 0.405 bits per heavy atom. The third-order valence-corrected chi connectivity index (χ3v) is 15.1. The molecule has 0 aliphatic heterocycles. The lowest BCUT2D eigenvalue weighted by Crippen LogP contribution is -2.37. The van der Waals surface area contributed by atoms with Crippen molar-refractivity contribution in [2.24, 2.45) is 0 Å². The number of unbranched alkanes of at least 4 members (excludes halogenated alkanes) is 32. The van der Waals surface area contributed by atoms with Crippen molar-refractivity contribution in [1.82, 2.24) is 0 Å². The van der Waals surface area contributed by atoms with Crippen LogP contribution in [-0.4, -0.2) is 70.0 Å². The normalized spacial score (nSPS) is 13.7. The molecule has 0 rings (SSSR count). The molecule has 0 saturated carbocycles. The SMILES string of the molecule is CC/C=C\C/C=C\C/C=C\C/C=C\C/C=C\C/C=C\C/C=C\CCCCCCCCCCCCCC(=O)OC(COC(=O)CCCCCCCCCCCCCCCCCCCCCCCC)COP(=O)([O-])OCC[N+](C)(C)C. The van der Waals surface area contributed by atoms with Crippen molar-refractivity contribution >= 4 is 19.8 Å². The van der Waals surface area contributed by atoms with E-state index in [0.29, 0.717) is 17.4 Å². The highest BCUT2D eigenvalue weighted by molar-refractivity contribution is 7.45.